The predicted octanol–water partition coefficient (Wildman–Crippen LogP) is 2.70. The molecule has 0 aliphatic rings. The van der Waals surface area contributed by atoms with E-state index in [0.717, 1.165) is 5.56 Å². The van der Waals surface area contributed by atoms with Crippen LogP contribution in [0.3, 0.4) is 0 Å². The molecule has 0 unspecified atom stereocenters. The lowest BCUT2D eigenvalue weighted by atomic mass is 10.1. The molecular weight excluding hydrogens is 198 g/mol. The molecule has 0 aliphatic heterocycles. The van der Waals surface area contributed by atoms with Crippen LogP contribution in [0.5, 0.6) is 0 Å². The number of benzene rings is 1. The monoisotopic (exact) mass is 205 g/mol. The number of H-pyrrole nitrogens is 1. The molecule has 3 heteroatoms. The number of aromatic nitrogens is 1. The van der Waals surface area contributed by atoms with Gasteiger partial charge in [-0.05, 0) is 18.2 Å². The SMILES string of the molecule is O=c1[nH]cccc1-c1ccccc1Cl. The lowest BCUT2D eigenvalue weighted by Crippen LogP contribution is -2.06. The fraction of sp³-hybridized carbons (Fsp3) is 0. The van der Waals surface area contributed by atoms with Gasteiger partial charge in [-0.1, -0.05) is 29.8 Å². The third kappa shape index (κ3) is 1.56. The third-order valence-corrected chi connectivity index (χ3v) is 2.31. The molecule has 2 rings (SSSR count). The summed E-state index contributed by atoms with van der Waals surface area (Å²) in [6.45, 7) is 0. The van der Waals surface area contributed by atoms with Crippen molar-refractivity contribution < 1.29 is 0 Å². The highest BCUT2D eigenvalue weighted by atomic mass is 35.5. The fourth-order valence-corrected chi connectivity index (χ4v) is 1.55. The Labute approximate surface area is 86.2 Å². The smallest absolute Gasteiger partial charge is 0.255 e. The van der Waals surface area contributed by atoms with Crippen LogP contribution >= 0.6 is 11.6 Å². The number of pyridine rings is 1. The van der Waals surface area contributed by atoms with Crippen molar-refractivity contribution in [3.05, 3.63) is 58.0 Å². The minimum absolute atomic E-state index is 0.124. The number of nitrogens with one attached hydrogen (secondary N) is 1. The predicted molar refractivity (Wildman–Crippen MR) is 57.5 cm³/mol. The van der Waals surface area contributed by atoms with Crippen molar-refractivity contribution >= 4 is 11.6 Å². The molecule has 2 aromatic rings. The first-order valence-electron chi connectivity index (χ1n) is 4.21. The van der Waals surface area contributed by atoms with Gasteiger partial charge < -0.3 is 4.98 Å². The lowest BCUT2D eigenvalue weighted by molar-refractivity contribution is 1.24. The first-order valence-corrected chi connectivity index (χ1v) is 4.59. The molecule has 2 nitrogen and oxygen atoms in total. The highest BCUT2D eigenvalue weighted by Gasteiger charge is 2.04. The Hall–Kier alpha value is -1.54. The van der Waals surface area contributed by atoms with Crippen LogP contribution in [0.2, 0.25) is 5.02 Å². The summed E-state index contributed by atoms with van der Waals surface area (Å²) in [6.07, 6.45) is 1.60. The molecule has 0 aliphatic carbocycles. The molecule has 0 fully saturated rings. The Morgan fingerprint density at radius 3 is 2.43 bits per heavy atom. The molecule has 0 amide bonds. The van der Waals surface area contributed by atoms with Gasteiger partial charge in [0.25, 0.3) is 5.56 Å². The summed E-state index contributed by atoms with van der Waals surface area (Å²) in [6, 6.07) is 10.8. The topological polar surface area (TPSA) is 32.9 Å². The van der Waals surface area contributed by atoms with Gasteiger partial charge in [-0.15, -0.1) is 0 Å². The standard InChI is InChI=1S/C11H8ClNO/c12-10-6-2-1-4-8(10)9-5-3-7-13-11(9)14/h1-7H,(H,13,14). The zero-order chi connectivity index (χ0) is 9.97. The van der Waals surface area contributed by atoms with E-state index in [0.29, 0.717) is 10.6 Å². The van der Waals surface area contributed by atoms with Crippen molar-refractivity contribution in [3.8, 4) is 11.1 Å². The Bertz CT molecular complexity index is 504. The zero-order valence-corrected chi connectivity index (χ0v) is 8.08. The Morgan fingerprint density at radius 2 is 1.71 bits per heavy atom. The maximum absolute atomic E-state index is 11.5. The lowest BCUT2D eigenvalue weighted by Gasteiger charge is -2.01. The molecule has 0 spiro atoms. The number of aromatic amines is 1. The Kier molecular flexibility index (Phi) is 2.37. The van der Waals surface area contributed by atoms with Gasteiger partial charge in [0, 0.05) is 22.3 Å². The average molecular weight is 206 g/mol. The summed E-state index contributed by atoms with van der Waals surface area (Å²) < 4.78 is 0. The molecule has 0 atom stereocenters. The molecule has 1 aromatic carbocycles. The molecule has 0 saturated carbocycles. The van der Waals surface area contributed by atoms with Gasteiger partial charge >= 0.3 is 0 Å². The van der Waals surface area contributed by atoms with Crippen LogP contribution in [0.15, 0.2) is 47.4 Å². The zero-order valence-electron chi connectivity index (χ0n) is 7.33. The summed E-state index contributed by atoms with van der Waals surface area (Å²) in [5, 5.41) is 0.587. The van der Waals surface area contributed by atoms with Crippen LogP contribution in [0, 0.1) is 0 Å². The molecule has 0 radical (unpaired) electrons. The van der Waals surface area contributed by atoms with E-state index in [9.17, 15) is 4.79 Å². The van der Waals surface area contributed by atoms with Gasteiger partial charge in [-0.3, -0.25) is 4.79 Å². The molecule has 70 valence electrons. The summed E-state index contributed by atoms with van der Waals surface area (Å²) in [5.74, 6) is 0. The van der Waals surface area contributed by atoms with Gasteiger partial charge in [0.05, 0.1) is 0 Å². The van der Waals surface area contributed by atoms with Crippen LogP contribution in [0.25, 0.3) is 11.1 Å². The summed E-state index contributed by atoms with van der Waals surface area (Å²) in [4.78, 5) is 14.1. The van der Waals surface area contributed by atoms with E-state index in [-0.39, 0.29) is 5.56 Å². The maximum Gasteiger partial charge on any atom is 0.255 e. The van der Waals surface area contributed by atoms with Crippen LogP contribution in [0.4, 0.5) is 0 Å². The van der Waals surface area contributed by atoms with Gasteiger partial charge in [-0.2, -0.15) is 0 Å². The highest BCUT2D eigenvalue weighted by Crippen LogP contribution is 2.24. The fourth-order valence-electron chi connectivity index (χ4n) is 1.31. The summed E-state index contributed by atoms with van der Waals surface area (Å²) in [7, 11) is 0. The molecule has 14 heavy (non-hydrogen) atoms. The second kappa shape index (κ2) is 3.68. The molecule has 0 bridgehead atoms. The summed E-state index contributed by atoms with van der Waals surface area (Å²) in [5.41, 5.74) is 1.23. The number of rotatable bonds is 1. The molecular formula is C11H8ClNO. The van der Waals surface area contributed by atoms with Crippen molar-refractivity contribution in [2.75, 3.05) is 0 Å². The number of hydrogen-bond acceptors (Lipinski definition) is 1. The van der Waals surface area contributed by atoms with E-state index < -0.39 is 0 Å². The van der Waals surface area contributed by atoms with E-state index >= 15 is 0 Å². The van der Waals surface area contributed by atoms with Crippen LogP contribution in [0.1, 0.15) is 0 Å². The second-order valence-corrected chi connectivity index (χ2v) is 3.30. The number of hydrogen-bond donors (Lipinski definition) is 1. The third-order valence-electron chi connectivity index (χ3n) is 1.98. The largest absolute Gasteiger partial charge is 0.329 e. The molecule has 1 aromatic heterocycles. The van der Waals surface area contributed by atoms with E-state index in [2.05, 4.69) is 4.98 Å². The minimum atomic E-state index is -0.124. The van der Waals surface area contributed by atoms with Crippen molar-refractivity contribution in [1.29, 1.82) is 0 Å². The van der Waals surface area contributed by atoms with Crippen molar-refractivity contribution in [1.82, 2.24) is 4.98 Å². The van der Waals surface area contributed by atoms with Crippen molar-refractivity contribution in [3.63, 3.8) is 0 Å². The Balaban J connectivity index is 2.67. The van der Waals surface area contributed by atoms with Gasteiger partial charge in [-0.25, -0.2) is 0 Å². The van der Waals surface area contributed by atoms with E-state index in [4.69, 9.17) is 11.6 Å². The Morgan fingerprint density at radius 1 is 1.00 bits per heavy atom. The van der Waals surface area contributed by atoms with Gasteiger partial charge in [0.2, 0.25) is 0 Å². The number of halogens is 1. The van der Waals surface area contributed by atoms with Gasteiger partial charge in [0.1, 0.15) is 0 Å². The quantitative estimate of drug-likeness (QED) is 0.763. The molecule has 0 saturated heterocycles. The first-order chi connectivity index (χ1) is 6.79. The second-order valence-electron chi connectivity index (χ2n) is 2.89. The normalized spacial score (nSPS) is 10.1. The maximum atomic E-state index is 11.5. The minimum Gasteiger partial charge on any atom is -0.329 e. The van der Waals surface area contributed by atoms with Gasteiger partial charge in [0.15, 0.2) is 0 Å². The van der Waals surface area contributed by atoms with Crippen LogP contribution in [-0.2, 0) is 0 Å². The van der Waals surface area contributed by atoms with E-state index in [1.165, 1.54) is 0 Å². The van der Waals surface area contributed by atoms with Crippen LogP contribution < -0.4 is 5.56 Å². The van der Waals surface area contributed by atoms with Crippen molar-refractivity contribution in [2.45, 2.75) is 0 Å². The average Bonchev–Trinajstić information content (AvgIpc) is 2.20. The van der Waals surface area contributed by atoms with Crippen LogP contribution in [-0.4, -0.2) is 4.98 Å². The summed E-state index contributed by atoms with van der Waals surface area (Å²) >= 11 is 5.98. The highest BCUT2D eigenvalue weighted by molar-refractivity contribution is 6.33. The van der Waals surface area contributed by atoms with E-state index in [1.54, 1.807) is 24.4 Å². The molecule has 1 heterocycles. The first kappa shape index (κ1) is 9.03. The van der Waals surface area contributed by atoms with Crippen molar-refractivity contribution in [2.24, 2.45) is 0 Å². The molecule has 1 N–H and O–H groups in total. The van der Waals surface area contributed by atoms with E-state index in [1.807, 2.05) is 18.2 Å².